The monoisotopic (exact) mass is 652 g/mol. The van der Waals surface area contributed by atoms with Gasteiger partial charge in [-0.3, -0.25) is 0 Å². The number of thiophene rings is 1. The van der Waals surface area contributed by atoms with E-state index >= 15 is 0 Å². The van der Waals surface area contributed by atoms with Gasteiger partial charge in [0.15, 0.2) is 0 Å². The second-order valence-electron chi connectivity index (χ2n) is 13.2. The smallest absolute Gasteiger partial charge is 0.136 e. The second kappa shape index (κ2) is 10.6. The average Bonchev–Trinajstić information content (AvgIpc) is 3.72. The minimum absolute atomic E-state index is 0.923. The maximum Gasteiger partial charge on any atom is 0.136 e. The lowest BCUT2D eigenvalue weighted by Crippen LogP contribution is -1.90. The lowest BCUT2D eigenvalue weighted by Gasteiger charge is -2.17. The summed E-state index contributed by atoms with van der Waals surface area (Å²) >= 11 is 1.88. The summed E-state index contributed by atoms with van der Waals surface area (Å²) in [5.41, 5.74) is 9.36. The Bertz CT molecular complexity index is 3090. The molecule has 50 heavy (non-hydrogen) atoms. The minimum atomic E-state index is 0.923. The van der Waals surface area contributed by atoms with Crippen LogP contribution < -0.4 is 0 Å². The largest absolute Gasteiger partial charge is 0.456 e. The normalized spacial score (nSPS) is 12.0. The van der Waals surface area contributed by atoms with Crippen molar-refractivity contribution in [3.63, 3.8) is 0 Å². The van der Waals surface area contributed by atoms with Gasteiger partial charge in [0.25, 0.3) is 0 Å². The molecule has 0 amide bonds. The molecule has 2 heteroatoms. The molecule has 232 valence electrons. The summed E-state index contributed by atoms with van der Waals surface area (Å²) in [7, 11) is 0. The number of hydrogen-bond acceptors (Lipinski definition) is 2. The van der Waals surface area contributed by atoms with E-state index in [1.54, 1.807) is 0 Å². The van der Waals surface area contributed by atoms with Crippen LogP contribution in [-0.4, -0.2) is 0 Å². The van der Waals surface area contributed by atoms with Crippen LogP contribution in [0, 0.1) is 0 Å². The predicted octanol–water partition coefficient (Wildman–Crippen LogP) is 14.4. The summed E-state index contributed by atoms with van der Waals surface area (Å²) in [6.07, 6.45) is 0. The molecule has 0 saturated heterocycles. The van der Waals surface area contributed by atoms with Gasteiger partial charge in [0, 0.05) is 30.9 Å². The fourth-order valence-corrected chi connectivity index (χ4v) is 9.29. The zero-order valence-electron chi connectivity index (χ0n) is 27.0. The van der Waals surface area contributed by atoms with Gasteiger partial charge in [-0.15, -0.1) is 11.3 Å². The second-order valence-corrected chi connectivity index (χ2v) is 14.3. The van der Waals surface area contributed by atoms with Gasteiger partial charge in [0.1, 0.15) is 11.2 Å². The Morgan fingerprint density at radius 2 is 0.800 bits per heavy atom. The minimum Gasteiger partial charge on any atom is -0.456 e. The van der Waals surface area contributed by atoms with Crippen LogP contribution in [-0.2, 0) is 0 Å². The molecular weight excluding hydrogens is 625 g/mol. The number of benzene rings is 9. The topological polar surface area (TPSA) is 13.1 Å². The summed E-state index contributed by atoms with van der Waals surface area (Å²) < 4.78 is 8.90. The van der Waals surface area contributed by atoms with E-state index in [2.05, 4.69) is 170 Å². The van der Waals surface area contributed by atoms with Crippen LogP contribution >= 0.6 is 11.3 Å². The maximum absolute atomic E-state index is 6.29. The first-order chi connectivity index (χ1) is 24.8. The van der Waals surface area contributed by atoms with Crippen LogP contribution in [0.15, 0.2) is 174 Å². The highest BCUT2D eigenvalue weighted by Gasteiger charge is 2.18. The summed E-state index contributed by atoms with van der Waals surface area (Å²) in [6.45, 7) is 0. The molecule has 0 fully saturated rings. The lowest BCUT2D eigenvalue weighted by molar-refractivity contribution is 0.669. The average molecular weight is 653 g/mol. The van der Waals surface area contributed by atoms with Crippen LogP contribution in [0.25, 0.3) is 108 Å². The van der Waals surface area contributed by atoms with Gasteiger partial charge in [-0.1, -0.05) is 133 Å². The molecule has 0 aliphatic rings. The molecule has 0 atom stereocenters. The van der Waals surface area contributed by atoms with Crippen molar-refractivity contribution >= 4 is 85.8 Å². The van der Waals surface area contributed by atoms with Gasteiger partial charge in [-0.2, -0.15) is 0 Å². The highest BCUT2D eigenvalue weighted by atomic mass is 32.1. The number of rotatable bonds is 3. The van der Waals surface area contributed by atoms with Crippen LogP contribution in [0.1, 0.15) is 0 Å². The van der Waals surface area contributed by atoms with Crippen LogP contribution in [0.2, 0.25) is 0 Å². The zero-order valence-corrected chi connectivity index (χ0v) is 27.8. The van der Waals surface area contributed by atoms with Crippen molar-refractivity contribution in [3.05, 3.63) is 170 Å². The Labute approximate surface area is 292 Å². The molecule has 0 N–H and O–H groups in total. The Balaban J connectivity index is 1.06. The molecule has 9 aromatic carbocycles. The van der Waals surface area contributed by atoms with E-state index in [-0.39, 0.29) is 0 Å². The van der Waals surface area contributed by atoms with Crippen LogP contribution in [0.5, 0.6) is 0 Å². The quantitative estimate of drug-likeness (QED) is 0.173. The molecule has 0 aliphatic carbocycles. The fourth-order valence-electron chi connectivity index (χ4n) is 8.11. The van der Waals surface area contributed by atoms with E-state index in [0.717, 1.165) is 21.9 Å². The van der Waals surface area contributed by atoms with Crippen molar-refractivity contribution in [2.24, 2.45) is 0 Å². The third-order valence-electron chi connectivity index (χ3n) is 10.4. The van der Waals surface area contributed by atoms with Crippen LogP contribution in [0.4, 0.5) is 0 Å². The predicted molar refractivity (Wildman–Crippen MR) is 215 cm³/mol. The molecule has 0 bridgehead atoms. The van der Waals surface area contributed by atoms with Crippen molar-refractivity contribution in [3.8, 4) is 33.4 Å². The van der Waals surface area contributed by atoms with E-state index in [1.807, 2.05) is 11.3 Å². The van der Waals surface area contributed by atoms with Crippen molar-refractivity contribution in [1.29, 1.82) is 0 Å². The molecule has 1 nitrogen and oxygen atoms in total. The van der Waals surface area contributed by atoms with E-state index in [0.29, 0.717) is 0 Å². The van der Waals surface area contributed by atoms with Gasteiger partial charge in [0.2, 0.25) is 0 Å². The summed E-state index contributed by atoms with van der Waals surface area (Å²) in [5.74, 6) is 0. The van der Waals surface area contributed by atoms with E-state index in [1.165, 1.54) is 85.9 Å². The molecule has 0 aliphatic heterocycles. The van der Waals surface area contributed by atoms with Crippen molar-refractivity contribution in [2.75, 3.05) is 0 Å². The Kier molecular flexibility index (Phi) is 5.89. The molecule has 2 heterocycles. The lowest BCUT2D eigenvalue weighted by atomic mass is 9.86. The SMILES string of the molecule is c1ccc(-c2c3ccccc3c(-c3ccc4c(c3)sc3cc(-c5ccc6oc7cc8ccccc8cc7c6c5)ccc34)c3ccccc23)cc1. The zero-order chi connectivity index (χ0) is 32.8. The van der Waals surface area contributed by atoms with Crippen molar-refractivity contribution < 1.29 is 4.42 Å². The first-order valence-corrected chi connectivity index (χ1v) is 17.9. The number of furan rings is 1. The number of hydrogen-bond donors (Lipinski definition) is 0. The molecule has 11 rings (SSSR count). The summed E-state index contributed by atoms with van der Waals surface area (Å²) in [5, 5.41) is 12.5. The van der Waals surface area contributed by atoms with E-state index in [4.69, 9.17) is 4.42 Å². The molecule has 0 unspecified atom stereocenters. The van der Waals surface area contributed by atoms with Crippen molar-refractivity contribution in [1.82, 2.24) is 0 Å². The Morgan fingerprint density at radius 3 is 1.48 bits per heavy atom. The highest BCUT2D eigenvalue weighted by molar-refractivity contribution is 7.25. The maximum atomic E-state index is 6.29. The standard InChI is InChI=1S/C48H28OS/c1-2-10-29(11-3-1)47-37-14-6-8-16-39(37)48(40-17-9-7-15-38(40)47)34-19-22-36-35-21-18-33(27-45(35)50-46(36)28-34)32-20-23-43-41(25-32)42-24-30-12-4-5-13-31(30)26-44(42)49-43/h1-28H. The molecular formula is C48H28OS. The molecule has 0 spiro atoms. The first-order valence-electron chi connectivity index (χ1n) is 17.1. The van der Waals surface area contributed by atoms with Gasteiger partial charge >= 0.3 is 0 Å². The van der Waals surface area contributed by atoms with Crippen molar-refractivity contribution in [2.45, 2.75) is 0 Å². The fraction of sp³-hybridized carbons (Fsp3) is 0. The molecule has 0 radical (unpaired) electrons. The molecule has 11 aromatic rings. The third kappa shape index (κ3) is 4.13. The Morgan fingerprint density at radius 1 is 0.300 bits per heavy atom. The van der Waals surface area contributed by atoms with Gasteiger partial charge in [-0.25, -0.2) is 0 Å². The van der Waals surface area contributed by atoms with Gasteiger partial charge < -0.3 is 4.42 Å². The molecule has 0 saturated carbocycles. The molecule has 2 aromatic heterocycles. The van der Waals surface area contributed by atoms with Gasteiger partial charge in [0.05, 0.1) is 0 Å². The van der Waals surface area contributed by atoms with E-state index < -0.39 is 0 Å². The highest BCUT2D eigenvalue weighted by Crippen LogP contribution is 2.46. The number of fused-ring (bicyclic) bond motifs is 9. The Hall–Kier alpha value is -6.22. The van der Waals surface area contributed by atoms with Crippen LogP contribution in [0.3, 0.4) is 0 Å². The van der Waals surface area contributed by atoms with E-state index in [9.17, 15) is 0 Å². The summed E-state index contributed by atoms with van der Waals surface area (Å²) in [6, 6.07) is 62.1. The third-order valence-corrected chi connectivity index (χ3v) is 11.5. The van der Waals surface area contributed by atoms with Gasteiger partial charge in [-0.05, 0) is 102 Å². The summed E-state index contributed by atoms with van der Waals surface area (Å²) in [4.78, 5) is 0. The first kappa shape index (κ1) is 27.7.